The van der Waals surface area contributed by atoms with Crippen LogP contribution in [0, 0.1) is 0 Å². The number of fused-ring (bicyclic) bond motifs is 1. The van der Waals surface area contributed by atoms with Gasteiger partial charge in [0.15, 0.2) is 0 Å². The topological polar surface area (TPSA) is 71.2 Å². The normalized spacial score (nSPS) is 18.1. The first-order valence-corrected chi connectivity index (χ1v) is 5.74. The van der Waals surface area contributed by atoms with Crippen LogP contribution < -0.4 is 0 Å². The molecule has 0 saturated heterocycles. The average molecular weight is 278 g/mol. The third-order valence-corrected chi connectivity index (χ3v) is 3.13. The summed E-state index contributed by atoms with van der Waals surface area (Å²) in [6.07, 6.45) is -4.57. The van der Waals surface area contributed by atoms with Gasteiger partial charge in [-0.1, -0.05) is 0 Å². The number of carbonyl (C=O) groups is 1. The molecule has 0 aliphatic carbocycles. The Morgan fingerprint density at radius 1 is 1.42 bits per heavy atom. The molecule has 1 N–H and O–H groups in total. The number of rotatable bonds is 3. The van der Waals surface area contributed by atoms with Crippen molar-refractivity contribution in [2.45, 2.75) is 38.7 Å². The molecule has 9 heteroatoms. The molecule has 0 aromatic carbocycles. The van der Waals surface area contributed by atoms with Crippen LogP contribution in [0.3, 0.4) is 0 Å². The maximum absolute atomic E-state index is 12.6. The summed E-state index contributed by atoms with van der Waals surface area (Å²) < 4.78 is 38.9. The van der Waals surface area contributed by atoms with Crippen LogP contribution in [0.15, 0.2) is 0 Å². The molecule has 0 radical (unpaired) electrons. The van der Waals surface area contributed by atoms with Gasteiger partial charge in [0.25, 0.3) is 0 Å². The zero-order chi connectivity index (χ0) is 14.2. The minimum atomic E-state index is -4.51. The van der Waals surface area contributed by atoms with E-state index in [1.807, 2.05) is 0 Å². The van der Waals surface area contributed by atoms with Crippen molar-refractivity contribution in [3.63, 3.8) is 0 Å². The van der Waals surface area contributed by atoms with Crippen LogP contribution in [0.4, 0.5) is 13.2 Å². The van der Waals surface area contributed by atoms with E-state index >= 15 is 0 Å². The molecule has 2 heterocycles. The first kappa shape index (κ1) is 13.8. The summed E-state index contributed by atoms with van der Waals surface area (Å²) in [4.78, 5) is 12.4. The molecular formula is C10H13F3N4O2. The van der Waals surface area contributed by atoms with Crippen molar-refractivity contribution in [2.75, 3.05) is 6.54 Å². The standard InChI is InChI=1S/C10H13F3N4O2/c1-6(4-8(18)19)16-2-3-17-7(5-16)14-15-9(17)10(11,12)13/h6H,2-5H2,1H3,(H,18,19). The van der Waals surface area contributed by atoms with Crippen molar-refractivity contribution >= 4 is 5.97 Å². The zero-order valence-electron chi connectivity index (χ0n) is 10.2. The van der Waals surface area contributed by atoms with Gasteiger partial charge in [-0.2, -0.15) is 13.2 Å². The van der Waals surface area contributed by atoms with Gasteiger partial charge >= 0.3 is 12.1 Å². The van der Waals surface area contributed by atoms with Crippen LogP contribution >= 0.6 is 0 Å². The fourth-order valence-corrected chi connectivity index (χ4v) is 2.14. The Morgan fingerprint density at radius 2 is 2.11 bits per heavy atom. The summed E-state index contributed by atoms with van der Waals surface area (Å²) in [5.74, 6) is -1.71. The van der Waals surface area contributed by atoms with Crippen LogP contribution in [0.5, 0.6) is 0 Å². The maximum Gasteiger partial charge on any atom is 0.451 e. The molecule has 2 rings (SSSR count). The number of hydrogen-bond donors (Lipinski definition) is 1. The molecule has 1 aromatic heterocycles. The Morgan fingerprint density at radius 3 is 2.68 bits per heavy atom. The molecule has 0 bridgehead atoms. The van der Waals surface area contributed by atoms with E-state index in [1.165, 1.54) is 0 Å². The number of halogens is 3. The number of nitrogens with zero attached hydrogens (tertiary/aromatic N) is 4. The van der Waals surface area contributed by atoms with Crippen molar-refractivity contribution in [3.05, 3.63) is 11.6 Å². The molecule has 0 amide bonds. The Bertz CT molecular complexity index is 486. The second-order valence-electron chi connectivity index (χ2n) is 4.51. The summed E-state index contributed by atoms with van der Waals surface area (Å²) in [5.41, 5.74) is 0. The van der Waals surface area contributed by atoms with Crippen molar-refractivity contribution in [1.29, 1.82) is 0 Å². The quantitative estimate of drug-likeness (QED) is 0.892. The lowest BCUT2D eigenvalue weighted by atomic mass is 10.2. The maximum atomic E-state index is 12.6. The molecule has 1 unspecified atom stereocenters. The van der Waals surface area contributed by atoms with Gasteiger partial charge in [0.2, 0.25) is 5.82 Å². The van der Waals surface area contributed by atoms with Gasteiger partial charge in [-0.05, 0) is 6.92 Å². The van der Waals surface area contributed by atoms with Crippen LogP contribution in [0.25, 0.3) is 0 Å². The molecule has 0 fully saturated rings. The summed E-state index contributed by atoms with van der Waals surface area (Å²) >= 11 is 0. The van der Waals surface area contributed by atoms with Gasteiger partial charge in [0, 0.05) is 19.1 Å². The minimum absolute atomic E-state index is 0.0553. The van der Waals surface area contributed by atoms with Gasteiger partial charge in [-0.15, -0.1) is 10.2 Å². The first-order chi connectivity index (χ1) is 8.79. The van der Waals surface area contributed by atoms with Crippen molar-refractivity contribution in [1.82, 2.24) is 19.7 Å². The Labute approximate surface area is 106 Å². The number of carboxylic acids is 1. The molecule has 0 spiro atoms. The molecule has 6 nitrogen and oxygen atoms in total. The van der Waals surface area contributed by atoms with Crippen molar-refractivity contribution in [2.24, 2.45) is 0 Å². The predicted molar refractivity (Wildman–Crippen MR) is 57.1 cm³/mol. The van der Waals surface area contributed by atoms with Gasteiger partial charge < -0.3 is 9.67 Å². The molecule has 1 aliphatic heterocycles. The fourth-order valence-electron chi connectivity index (χ4n) is 2.14. The van der Waals surface area contributed by atoms with E-state index in [4.69, 9.17) is 5.11 Å². The highest BCUT2D eigenvalue weighted by Crippen LogP contribution is 2.29. The summed E-state index contributed by atoms with van der Waals surface area (Å²) in [6, 6.07) is -0.253. The number of carboxylic acid groups (broad SMARTS) is 1. The highest BCUT2D eigenvalue weighted by molar-refractivity contribution is 5.67. The molecule has 1 aromatic rings. The lowest BCUT2D eigenvalue weighted by molar-refractivity contribution is -0.148. The lowest BCUT2D eigenvalue weighted by Crippen LogP contribution is -2.41. The molecule has 1 atom stereocenters. The Hall–Kier alpha value is -1.64. The molecule has 1 aliphatic rings. The van der Waals surface area contributed by atoms with Crippen molar-refractivity contribution in [3.8, 4) is 0 Å². The van der Waals surface area contributed by atoms with Crippen molar-refractivity contribution < 1.29 is 23.1 Å². The smallest absolute Gasteiger partial charge is 0.451 e. The summed E-state index contributed by atoms with van der Waals surface area (Å²) in [6.45, 7) is 2.37. The first-order valence-electron chi connectivity index (χ1n) is 5.74. The van der Waals surface area contributed by atoms with Crippen LogP contribution in [0.2, 0.25) is 0 Å². The number of aromatic nitrogens is 3. The molecule has 0 saturated carbocycles. The summed E-state index contributed by atoms with van der Waals surface area (Å²) in [7, 11) is 0. The highest BCUT2D eigenvalue weighted by atomic mass is 19.4. The number of alkyl halides is 3. The van der Waals surface area contributed by atoms with Crippen LogP contribution in [-0.2, 0) is 24.1 Å². The third-order valence-electron chi connectivity index (χ3n) is 3.13. The highest BCUT2D eigenvalue weighted by Gasteiger charge is 2.39. The average Bonchev–Trinajstić information content (AvgIpc) is 2.69. The van der Waals surface area contributed by atoms with E-state index in [1.54, 1.807) is 11.8 Å². The largest absolute Gasteiger partial charge is 0.481 e. The van der Waals surface area contributed by atoms with Crippen LogP contribution in [0.1, 0.15) is 25.0 Å². The zero-order valence-corrected chi connectivity index (χ0v) is 10.2. The second-order valence-corrected chi connectivity index (χ2v) is 4.51. The Kier molecular flexibility index (Phi) is 3.48. The molecule has 19 heavy (non-hydrogen) atoms. The monoisotopic (exact) mass is 278 g/mol. The van der Waals surface area contributed by atoms with E-state index in [0.717, 1.165) is 4.57 Å². The van der Waals surface area contributed by atoms with Crippen LogP contribution in [-0.4, -0.2) is 43.3 Å². The van der Waals surface area contributed by atoms with Gasteiger partial charge in [0.1, 0.15) is 5.82 Å². The summed E-state index contributed by atoms with van der Waals surface area (Å²) in [5, 5.41) is 15.4. The molecule has 106 valence electrons. The fraction of sp³-hybridized carbons (Fsp3) is 0.700. The predicted octanol–water partition coefficient (Wildman–Crippen LogP) is 0.976. The van der Waals surface area contributed by atoms with Gasteiger partial charge in [0.05, 0.1) is 13.0 Å². The number of hydrogen-bond acceptors (Lipinski definition) is 4. The lowest BCUT2D eigenvalue weighted by Gasteiger charge is -2.32. The molecular weight excluding hydrogens is 265 g/mol. The Balaban J connectivity index is 2.13. The minimum Gasteiger partial charge on any atom is -0.481 e. The van der Waals surface area contributed by atoms with Gasteiger partial charge in [-0.25, -0.2) is 0 Å². The van der Waals surface area contributed by atoms with E-state index in [-0.39, 0.29) is 31.4 Å². The second kappa shape index (κ2) is 4.80. The van der Waals surface area contributed by atoms with E-state index in [2.05, 4.69) is 10.2 Å². The number of aliphatic carboxylic acids is 1. The van der Waals surface area contributed by atoms with E-state index in [0.29, 0.717) is 6.54 Å². The van der Waals surface area contributed by atoms with E-state index < -0.39 is 18.0 Å². The SMILES string of the molecule is CC(CC(=O)O)N1CCn2c(nnc2C(F)(F)F)C1. The van der Waals surface area contributed by atoms with Gasteiger partial charge in [-0.3, -0.25) is 9.69 Å². The third kappa shape index (κ3) is 2.86. The van der Waals surface area contributed by atoms with E-state index in [9.17, 15) is 18.0 Å².